The zero-order chi connectivity index (χ0) is 13.0. The van der Waals surface area contributed by atoms with Crippen molar-refractivity contribution in [3.8, 4) is 11.5 Å². The van der Waals surface area contributed by atoms with Crippen LogP contribution in [0.15, 0.2) is 30.4 Å². The summed E-state index contributed by atoms with van der Waals surface area (Å²) < 4.78 is 10.6. The topological polar surface area (TPSA) is 35.5 Å². The van der Waals surface area contributed by atoms with E-state index in [1.54, 1.807) is 14.2 Å². The fourth-order valence-corrected chi connectivity index (χ4v) is 2.29. The number of Topliss-reactive ketones (excluding diaryl/α,β-unsaturated/α-hetero) is 1. The Morgan fingerprint density at radius 3 is 2.72 bits per heavy atom. The predicted molar refractivity (Wildman–Crippen MR) is 70.3 cm³/mol. The molecule has 2 rings (SSSR count). The van der Waals surface area contributed by atoms with Gasteiger partial charge >= 0.3 is 0 Å². The Morgan fingerprint density at radius 2 is 2.00 bits per heavy atom. The normalized spacial score (nSPS) is 19.4. The maximum Gasteiger partial charge on any atom is 0.141 e. The van der Waals surface area contributed by atoms with Crippen molar-refractivity contribution in [1.29, 1.82) is 0 Å². The van der Waals surface area contributed by atoms with Gasteiger partial charge in [0.05, 0.1) is 14.2 Å². The van der Waals surface area contributed by atoms with Crippen LogP contribution in [-0.4, -0.2) is 20.0 Å². The highest BCUT2D eigenvalue weighted by atomic mass is 16.5. The lowest BCUT2D eigenvalue weighted by Crippen LogP contribution is -2.12. The summed E-state index contributed by atoms with van der Waals surface area (Å²) in [5.41, 5.74) is 0.924. The first-order valence-corrected chi connectivity index (χ1v) is 6.16. The minimum atomic E-state index is -0.117. The number of rotatable bonds is 3. The minimum absolute atomic E-state index is 0.117. The van der Waals surface area contributed by atoms with Crippen molar-refractivity contribution >= 4 is 5.78 Å². The van der Waals surface area contributed by atoms with E-state index in [1.807, 2.05) is 18.2 Å². The molecule has 0 saturated heterocycles. The van der Waals surface area contributed by atoms with Gasteiger partial charge in [-0.15, -0.1) is 0 Å². The molecule has 0 saturated carbocycles. The van der Waals surface area contributed by atoms with E-state index in [9.17, 15) is 4.79 Å². The van der Waals surface area contributed by atoms with E-state index in [-0.39, 0.29) is 11.7 Å². The van der Waals surface area contributed by atoms with Gasteiger partial charge in [0, 0.05) is 17.9 Å². The van der Waals surface area contributed by atoms with Gasteiger partial charge in [-0.05, 0) is 31.0 Å². The standard InChI is InChI=1S/C15H18O3/c1-17-11-8-9-15(18-2)13(10-11)12-6-4-3-5-7-14(12)16/h3-4,8-10,12H,5-7H2,1-2H3. The largest absolute Gasteiger partial charge is 0.497 e. The molecule has 0 fully saturated rings. The molecular weight excluding hydrogens is 228 g/mol. The van der Waals surface area contributed by atoms with Gasteiger partial charge < -0.3 is 9.47 Å². The summed E-state index contributed by atoms with van der Waals surface area (Å²) in [5, 5.41) is 0. The summed E-state index contributed by atoms with van der Waals surface area (Å²) in [6.45, 7) is 0. The Kier molecular flexibility index (Phi) is 4.03. The summed E-state index contributed by atoms with van der Waals surface area (Å²) in [6.07, 6.45) is 6.32. The second-order valence-corrected chi connectivity index (χ2v) is 4.37. The molecule has 96 valence electrons. The number of allylic oxidation sites excluding steroid dienone is 2. The van der Waals surface area contributed by atoms with E-state index < -0.39 is 0 Å². The molecule has 18 heavy (non-hydrogen) atoms. The van der Waals surface area contributed by atoms with E-state index in [1.165, 1.54) is 0 Å². The van der Waals surface area contributed by atoms with Crippen molar-refractivity contribution in [2.75, 3.05) is 14.2 Å². The van der Waals surface area contributed by atoms with Gasteiger partial charge in [0.25, 0.3) is 0 Å². The summed E-state index contributed by atoms with van der Waals surface area (Å²) in [5.74, 6) is 1.66. The summed E-state index contributed by atoms with van der Waals surface area (Å²) in [7, 11) is 3.25. The van der Waals surface area contributed by atoms with E-state index in [0.717, 1.165) is 29.9 Å². The van der Waals surface area contributed by atoms with E-state index >= 15 is 0 Å². The second kappa shape index (κ2) is 5.71. The molecule has 0 radical (unpaired) electrons. The monoisotopic (exact) mass is 246 g/mol. The van der Waals surface area contributed by atoms with Crippen LogP contribution in [-0.2, 0) is 4.79 Å². The van der Waals surface area contributed by atoms with Gasteiger partial charge in [-0.25, -0.2) is 0 Å². The van der Waals surface area contributed by atoms with Gasteiger partial charge in [0.1, 0.15) is 17.3 Å². The maximum atomic E-state index is 12.1. The first-order valence-electron chi connectivity index (χ1n) is 6.16. The molecule has 0 aliphatic heterocycles. The van der Waals surface area contributed by atoms with E-state index in [2.05, 4.69) is 12.2 Å². The van der Waals surface area contributed by atoms with Gasteiger partial charge in [-0.1, -0.05) is 12.2 Å². The number of hydrogen-bond donors (Lipinski definition) is 0. The zero-order valence-electron chi connectivity index (χ0n) is 10.8. The van der Waals surface area contributed by atoms with Crippen molar-refractivity contribution in [3.63, 3.8) is 0 Å². The van der Waals surface area contributed by atoms with E-state index in [4.69, 9.17) is 9.47 Å². The van der Waals surface area contributed by atoms with Crippen LogP contribution < -0.4 is 9.47 Å². The fourth-order valence-electron chi connectivity index (χ4n) is 2.29. The number of methoxy groups -OCH3 is 2. The average Bonchev–Trinajstić information content (AvgIpc) is 2.62. The summed E-state index contributed by atoms with van der Waals surface area (Å²) >= 11 is 0. The molecule has 1 unspecified atom stereocenters. The summed E-state index contributed by atoms with van der Waals surface area (Å²) in [4.78, 5) is 12.1. The molecule has 0 N–H and O–H groups in total. The highest BCUT2D eigenvalue weighted by Gasteiger charge is 2.24. The molecule has 1 aromatic rings. The molecule has 0 bridgehead atoms. The molecule has 0 aromatic heterocycles. The Balaban J connectivity index is 2.40. The maximum absolute atomic E-state index is 12.1. The fraction of sp³-hybridized carbons (Fsp3) is 0.400. The first-order chi connectivity index (χ1) is 8.76. The first kappa shape index (κ1) is 12.7. The molecule has 0 spiro atoms. The molecule has 3 heteroatoms. The van der Waals surface area contributed by atoms with Gasteiger partial charge in [0.15, 0.2) is 0 Å². The third kappa shape index (κ3) is 2.55. The number of carbonyl (C=O) groups is 1. The lowest BCUT2D eigenvalue weighted by atomic mass is 9.90. The van der Waals surface area contributed by atoms with Crippen molar-refractivity contribution in [2.45, 2.75) is 25.2 Å². The van der Waals surface area contributed by atoms with Crippen molar-refractivity contribution in [2.24, 2.45) is 0 Å². The highest BCUT2D eigenvalue weighted by Crippen LogP contribution is 2.35. The quantitative estimate of drug-likeness (QED) is 0.769. The third-order valence-corrected chi connectivity index (χ3v) is 3.30. The molecule has 0 heterocycles. The number of carbonyl (C=O) groups excluding carboxylic acids is 1. The smallest absolute Gasteiger partial charge is 0.141 e. The Labute approximate surface area is 107 Å². The average molecular weight is 246 g/mol. The van der Waals surface area contributed by atoms with Gasteiger partial charge in [-0.3, -0.25) is 4.79 Å². The molecule has 3 nitrogen and oxygen atoms in total. The van der Waals surface area contributed by atoms with Crippen molar-refractivity contribution < 1.29 is 14.3 Å². The Bertz CT molecular complexity index is 463. The molecule has 1 aromatic carbocycles. The van der Waals surface area contributed by atoms with Gasteiger partial charge in [-0.2, -0.15) is 0 Å². The lowest BCUT2D eigenvalue weighted by molar-refractivity contribution is -0.120. The Morgan fingerprint density at radius 1 is 1.17 bits per heavy atom. The number of benzene rings is 1. The zero-order valence-corrected chi connectivity index (χ0v) is 10.8. The highest BCUT2D eigenvalue weighted by molar-refractivity contribution is 5.87. The molecule has 0 amide bonds. The van der Waals surface area contributed by atoms with Crippen LogP contribution in [0.4, 0.5) is 0 Å². The second-order valence-electron chi connectivity index (χ2n) is 4.37. The van der Waals surface area contributed by atoms with Crippen LogP contribution in [0.25, 0.3) is 0 Å². The third-order valence-electron chi connectivity index (χ3n) is 3.30. The summed E-state index contributed by atoms with van der Waals surface area (Å²) in [6, 6.07) is 5.61. The number of hydrogen-bond acceptors (Lipinski definition) is 3. The molecule has 1 atom stereocenters. The Hall–Kier alpha value is -1.77. The number of ketones is 1. The van der Waals surface area contributed by atoms with Crippen LogP contribution in [0.2, 0.25) is 0 Å². The van der Waals surface area contributed by atoms with E-state index in [0.29, 0.717) is 6.42 Å². The van der Waals surface area contributed by atoms with Crippen molar-refractivity contribution in [3.05, 3.63) is 35.9 Å². The predicted octanol–water partition coefficient (Wildman–Crippen LogP) is 3.10. The minimum Gasteiger partial charge on any atom is -0.497 e. The molecule has 1 aliphatic rings. The molecular formula is C15H18O3. The van der Waals surface area contributed by atoms with Crippen LogP contribution in [0, 0.1) is 0 Å². The van der Waals surface area contributed by atoms with Crippen LogP contribution in [0.5, 0.6) is 11.5 Å². The number of ether oxygens (including phenoxy) is 2. The van der Waals surface area contributed by atoms with Crippen LogP contribution >= 0.6 is 0 Å². The van der Waals surface area contributed by atoms with Crippen LogP contribution in [0.3, 0.4) is 0 Å². The van der Waals surface area contributed by atoms with Gasteiger partial charge in [0.2, 0.25) is 0 Å². The molecule has 1 aliphatic carbocycles. The van der Waals surface area contributed by atoms with Crippen molar-refractivity contribution in [1.82, 2.24) is 0 Å². The van der Waals surface area contributed by atoms with Crippen LogP contribution in [0.1, 0.15) is 30.7 Å². The SMILES string of the molecule is COc1ccc(OC)c(C2CC=CCCC2=O)c1. The lowest BCUT2D eigenvalue weighted by Gasteiger charge is -2.17.